The summed E-state index contributed by atoms with van der Waals surface area (Å²) in [6.07, 6.45) is 0.995. The second-order valence-corrected chi connectivity index (χ2v) is 4.89. The number of ether oxygens (including phenoxy) is 1. The molecular weight excluding hydrogens is 246 g/mol. The Kier molecular flexibility index (Phi) is 4.04. The molecule has 5 heteroatoms. The van der Waals surface area contributed by atoms with E-state index < -0.39 is 0 Å². The fourth-order valence-corrected chi connectivity index (χ4v) is 2.60. The van der Waals surface area contributed by atoms with Crippen LogP contribution in [0, 0.1) is 0 Å². The van der Waals surface area contributed by atoms with Crippen LogP contribution in [0.25, 0.3) is 0 Å². The number of hydrogen-bond donors (Lipinski definition) is 2. The number of nitrogens with two attached hydrogens (primary N) is 1. The lowest BCUT2D eigenvalue weighted by atomic mass is 10.2. The second kappa shape index (κ2) is 5.73. The van der Waals surface area contributed by atoms with Gasteiger partial charge in [0.1, 0.15) is 5.82 Å². The second-order valence-electron chi connectivity index (χ2n) is 3.92. The Hall–Kier alpha value is -1.75. The lowest BCUT2D eigenvalue weighted by Crippen LogP contribution is -2.10. The van der Waals surface area contributed by atoms with E-state index in [-0.39, 0.29) is 6.04 Å². The van der Waals surface area contributed by atoms with E-state index >= 15 is 0 Å². The van der Waals surface area contributed by atoms with Gasteiger partial charge in [0.15, 0.2) is 0 Å². The molecule has 96 valence electrons. The molecule has 0 spiro atoms. The van der Waals surface area contributed by atoms with E-state index in [1.54, 1.807) is 24.5 Å². The SMILES string of the molecule is CCC(Nc1ccc(N)c(OC)n1)c1cccs1. The van der Waals surface area contributed by atoms with Crippen molar-refractivity contribution in [1.29, 1.82) is 0 Å². The number of nitrogen functional groups attached to an aromatic ring is 1. The molecule has 0 saturated carbocycles. The Balaban J connectivity index is 2.17. The maximum Gasteiger partial charge on any atom is 0.238 e. The number of rotatable bonds is 5. The van der Waals surface area contributed by atoms with Gasteiger partial charge in [0.05, 0.1) is 18.8 Å². The number of nitrogens with one attached hydrogen (secondary N) is 1. The average molecular weight is 263 g/mol. The lowest BCUT2D eigenvalue weighted by Gasteiger charge is -2.16. The minimum Gasteiger partial charge on any atom is -0.479 e. The molecule has 0 saturated heterocycles. The first kappa shape index (κ1) is 12.7. The molecule has 3 N–H and O–H groups in total. The van der Waals surface area contributed by atoms with E-state index in [1.807, 2.05) is 6.07 Å². The van der Waals surface area contributed by atoms with Crippen LogP contribution < -0.4 is 15.8 Å². The van der Waals surface area contributed by atoms with Gasteiger partial charge in [-0.1, -0.05) is 13.0 Å². The van der Waals surface area contributed by atoms with Gasteiger partial charge in [-0.05, 0) is 30.0 Å². The zero-order chi connectivity index (χ0) is 13.0. The molecule has 2 aromatic heterocycles. The van der Waals surface area contributed by atoms with Crippen molar-refractivity contribution in [1.82, 2.24) is 4.98 Å². The quantitative estimate of drug-likeness (QED) is 0.869. The summed E-state index contributed by atoms with van der Waals surface area (Å²) in [6, 6.07) is 8.12. The third-order valence-corrected chi connectivity index (χ3v) is 3.69. The molecule has 0 amide bonds. The highest BCUT2D eigenvalue weighted by atomic mass is 32.1. The first-order valence-corrected chi connectivity index (χ1v) is 6.73. The van der Waals surface area contributed by atoms with E-state index in [0.29, 0.717) is 11.6 Å². The molecule has 4 nitrogen and oxygen atoms in total. The van der Waals surface area contributed by atoms with Crippen molar-refractivity contribution >= 4 is 22.8 Å². The number of anilines is 2. The normalized spacial score (nSPS) is 12.1. The molecule has 0 aliphatic heterocycles. The minimum atomic E-state index is 0.269. The number of thiophene rings is 1. The van der Waals surface area contributed by atoms with Crippen molar-refractivity contribution in [2.45, 2.75) is 19.4 Å². The van der Waals surface area contributed by atoms with E-state index in [1.165, 1.54) is 4.88 Å². The van der Waals surface area contributed by atoms with Crippen LogP contribution in [-0.4, -0.2) is 12.1 Å². The number of nitrogens with zero attached hydrogens (tertiary/aromatic N) is 1. The Morgan fingerprint density at radius 3 is 2.89 bits per heavy atom. The smallest absolute Gasteiger partial charge is 0.238 e. The fourth-order valence-electron chi connectivity index (χ4n) is 1.74. The van der Waals surface area contributed by atoms with Crippen LogP contribution in [-0.2, 0) is 0 Å². The molecule has 0 aliphatic rings. The van der Waals surface area contributed by atoms with E-state index in [0.717, 1.165) is 12.2 Å². The zero-order valence-electron chi connectivity index (χ0n) is 10.5. The van der Waals surface area contributed by atoms with Gasteiger partial charge >= 0.3 is 0 Å². The van der Waals surface area contributed by atoms with Gasteiger partial charge in [-0.15, -0.1) is 11.3 Å². The molecular formula is C13H17N3OS. The topological polar surface area (TPSA) is 60.2 Å². The highest BCUT2D eigenvalue weighted by Crippen LogP contribution is 2.27. The van der Waals surface area contributed by atoms with Crippen molar-refractivity contribution in [3.63, 3.8) is 0 Å². The molecule has 2 aromatic rings. The molecule has 0 aliphatic carbocycles. The van der Waals surface area contributed by atoms with Crippen LogP contribution in [0.4, 0.5) is 11.5 Å². The number of hydrogen-bond acceptors (Lipinski definition) is 5. The van der Waals surface area contributed by atoms with Crippen LogP contribution in [0.1, 0.15) is 24.3 Å². The zero-order valence-corrected chi connectivity index (χ0v) is 11.3. The van der Waals surface area contributed by atoms with E-state index in [2.05, 4.69) is 34.7 Å². The highest BCUT2D eigenvalue weighted by molar-refractivity contribution is 7.10. The summed E-state index contributed by atoms with van der Waals surface area (Å²) < 4.78 is 5.12. The predicted octanol–water partition coefficient (Wildman–Crippen LogP) is 3.30. The Morgan fingerprint density at radius 2 is 2.28 bits per heavy atom. The maximum absolute atomic E-state index is 5.74. The highest BCUT2D eigenvalue weighted by Gasteiger charge is 2.11. The summed E-state index contributed by atoms with van der Waals surface area (Å²) >= 11 is 1.74. The predicted molar refractivity (Wildman–Crippen MR) is 76.2 cm³/mol. The minimum absolute atomic E-state index is 0.269. The van der Waals surface area contributed by atoms with Crippen molar-refractivity contribution in [2.24, 2.45) is 0 Å². The summed E-state index contributed by atoms with van der Waals surface area (Å²) in [4.78, 5) is 5.64. The van der Waals surface area contributed by atoms with Crippen LogP contribution in [0.5, 0.6) is 5.88 Å². The third kappa shape index (κ3) is 2.73. The van der Waals surface area contributed by atoms with Crippen molar-refractivity contribution in [3.05, 3.63) is 34.5 Å². The number of aromatic nitrogens is 1. The molecule has 0 fully saturated rings. The summed E-state index contributed by atoms with van der Waals surface area (Å²) in [5.41, 5.74) is 6.29. The fraction of sp³-hybridized carbons (Fsp3) is 0.308. The molecule has 18 heavy (non-hydrogen) atoms. The van der Waals surface area contributed by atoms with Crippen molar-refractivity contribution < 1.29 is 4.74 Å². The Bertz CT molecular complexity index is 499. The molecule has 2 heterocycles. The van der Waals surface area contributed by atoms with Gasteiger partial charge < -0.3 is 15.8 Å². The van der Waals surface area contributed by atoms with Crippen LogP contribution in [0.15, 0.2) is 29.6 Å². The number of pyridine rings is 1. The average Bonchev–Trinajstić information content (AvgIpc) is 2.91. The van der Waals surface area contributed by atoms with E-state index in [9.17, 15) is 0 Å². The molecule has 0 bridgehead atoms. The van der Waals surface area contributed by atoms with E-state index in [4.69, 9.17) is 10.5 Å². The molecule has 0 radical (unpaired) electrons. The van der Waals surface area contributed by atoms with Gasteiger partial charge in [0.2, 0.25) is 5.88 Å². The van der Waals surface area contributed by atoms with Crippen molar-refractivity contribution in [2.75, 3.05) is 18.2 Å². The van der Waals surface area contributed by atoms with Crippen LogP contribution >= 0.6 is 11.3 Å². The molecule has 1 unspecified atom stereocenters. The summed E-state index contributed by atoms with van der Waals surface area (Å²) in [5.74, 6) is 1.24. The largest absolute Gasteiger partial charge is 0.479 e. The molecule has 2 rings (SSSR count). The summed E-state index contributed by atoms with van der Waals surface area (Å²) in [7, 11) is 1.57. The first-order chi connectivity index (χ1) is 8.74. The van der Waals surface area contributed by atoms with Gasteiger partial charge in [0.25, 0.3) is 0 Å². The third-order valence-electron chi connectivity index (χ3n) is 2.70. The van der Waals surface area contributed by atoms with Crippen LogP contribution in [0.2, 0.25) is 0 Å². The monoisotopic (exact) mass is 263 g/mol. The molecule has 0 aromatic carbocycles. The summed E-state index contributed by atoms with van der Waals surface area (Å²) in [6.45, 7) is 2.14. The lowest BCUT2D eigenvalue weighted by molar-refractivity contribution is 0.400. The van der Waals surface area contributed by atoms with Gasteiger partial charge in [-0.25, -0.2) is 0 Å². The van der Waals surface area contributed by atoms with Crippen molar-refractivity contribution in [3.8, 4) is 5.88 Å². The standard InChI is InChI=1S/C13H17N3OS/c1-3-10(11-5-4-8-18-11)15-12-7-6-9(14)13(16-12)17-2/h4-8,10H,3,14H2,1-2H3,(H,15,16). The maximum atomic E-state index is 5.74. The van der Waals surface area contributed by atoms with Crippen LogP contribution in [0.3, 0.4) is 0 Å². The first-order valence-electron chi connectivity index (χ1n) is 5.85. The number of methoxy groups -OCH3 is 1. The van der Waals surface area contributed by atoms with Gasteiger partial charge in [0, 0.05) is 4.88 Å². The summed E-state index contributed by atoms with van der Waals surface area (Å²) in [5, 5.41) is 5.48. The Morgan fingerprint density at radius 1 is 1.44 bits per heavy atom. The molecule has 1 atom stereocenters. The van der Waals surface area contributed by atoms with Gasteiger partial charge in [-0.3, -0.25) is 0 Å². The van der Waals surface area contributed by atoms with Gasteiger partial charge in [-0.2, -0.15) is 4.98 Å². The Labute approximate surface area is 111 Å².